The fraction of sp³-hybridized carbons (Fsp3) is 0.323. The number of amides is 3. The van der Waals surface area contributed by atoms with Gasteiger partial charge in [-0.15, -0.1) is 0 Å². The van der Waals surface area contributed by atoms with Gasteiger partial charge in [-0.05, 0) is 79.5 Å². The molecule has 0 aromatic heterocycles. The second-order valence-corrected chi connectivity index (χ2v) is 11.0. The lowest BCUT2D eigenvalue weighted by Gasteiger charge is -2.41. The lowest BCUT2D eigenvalue weighted by molar-refractivity contribution is 0.0499. The monoisotopic (exact) mass is 547 g/mol. The van der Waals surface area contributed by atoms with Gasteiger partial charge in [0.2, 0.25) is 0 Å². The molecule has 2 fully saturated rings. The molecule has 3 aromatic carbocycles. The predicted octanol–water partition coefficient (Wildman–Crippen LogP) is 4.85. The van der Waals surface area contributed by atoms with Crippen LogP contribution in [0.5, 0.6) is 0 Å². The van der Waals surface area contributed by atoms with Gasteiger partial charge in [-0.25, -0.2) is 13.2 Å². The highest BCUT2D eigenvalue weighted by Crippen LogP contribution is 2.41. The van der Waals surface area contributed by atoms with E-state index in [1.54, 1.807) is 48.5 Å². The first-order chi connectivity index (χ1) is 19.2. The van der Waals surface area contributed by atoms with Crippen molar-refractivity contribution in [1.82, 2.24) is 9.80 Å². The Hall–Kier alpha value is -3.98. The largest absolute Gasteiger partial charge is 0.333 e. The molecule has 9 heteroatoms. The van der Waals surface area contributed by atoms with E-state index in [-0.39, 0.29) is 54.3 Å². The van der Waals surface area contributed by atoms with Crippen molar-refractivity contribution in [3.05, 3.63) is 106 Å². The fourth-order valence-electron chi connectivity index (χ4n) is 6.56. The quantitative estimate of drug-likeness (QED) is 0.353. The summed E-state index contributed by atoms with van der Waals surface area (Å²) in [6.07, 6.45) is 3.02. The molecule has 4 atom stereocenters. The van der Waals surface area contributed by atoms with Crippen molar-refractivity contribution in [3.63, 3.8) is 0 Å². The van der Waals surface area contributed by atoms with Gasteiger partial charge in [0.25, 0.3) is 17.7 Å². The molecule has 3 heterocycles. The van der Waals surface area contributed by atoms with Crippen LogP contribution < -0.4 is 5.73 Å². The van der Waals surface area contributed by atoms with Gasteiger partial charge in [-0.1, -0.05) is 24.3 Å². The van der Waals surface area contributed by atoms with Gasteiger partial charge in [0.15, 0.2) is 11.6 Å². The van der Waals surface area contributed by atoms with E-state index >= 15 is 0 Å². The van der Waals surface area contributed by atoms with E-state index in [0.717, 1.165) is 18.9 Å². The number of rotatable bonds is 6. The number of nitrogens with two attached hydrogens (primary N) is 1. The van der Waals surface area contributed by atoms with Crippen molar-refractivity contribution < 1.29 is 27.6 Å². The molecule has 2 saturated heterocycles. The maximum Gasteiger partial charge on any atom is 0.261 e. The number of imide groups is 1. The number of halogens is 3. The standard InChI is InChI=1S/C31H28F3N3O3/c32-25-15-27(34)26(33)13-19(25)14-28(35)20-11-21-8-9-22(12-20)37(21)29(38)18-5-3-4-17(10-18)16-36-30(39)23-6-1-2-7-24(23)31(36)40/h1-7,10,13,15,20-22,28H,8-9,11-12,14,16,35H2/t20-,21-,22+,28-/m1/s1. The highest BCUT2D eigenvalue weighted by molar-refractivity contribution is 6.21. The molecule has 0 aliphatic carbocycles. The van der Waals surface area contributed by atoms with Crippen LogP contribution in [0.2, 0.25) is 0 Å². The van der Waals surface area contributed by atoms with Crippen LogP contribution in [0.4, 0.5) is 13.2 Å². The van der Waals surface area contributed by atoms with Crippen LogP contribution >= 0.6 is 0 Å². The Labute approximate surface area is 229 Å². The zero-order valence-electron chi connectivity index (χ0n) is 21.7. The van der Waals surface area contributed by atoms with Crippen molar-refractivity contribution >= 4 is 17.7 Å². The van der Waals surface area contributed by atoms with E-state index in [2.05, 4.69) is 0 Å². The summed E-state index contributed by atoms with van der Waals surface area (Å²) in [5.74, 6) is -3.95. The van der Waals surface area contributed by atoms with Crippen LogP contribution in [0.3, 0.4) is 0 Å². The highest BCUT2D eigenvalue weighted by Gasteiger charge is 2.45. The molecule has 3 aromatic rings. The number of carbonyl (C=O) groups is 3. The molecular formula is C31H28F3N3O3. The van der Waals surface area contributed by atoms with Gasteiger partial charge in [0.05, 0.1) is 17.7 Å². The summed E-state index contributed by atoms with van der Waals surface area (Å²) in [4.78, 5) is 42.3. The SMILES string of the molecule is N[C@H](Cc1cc(F)c(F)cc1F)[C@@H]1C[C@H]2CC[C@@H](C1)N2C(=O)c1cccc(CN2C(=O)c3ccccc3C2=O)c1. The van der Waals surface area contributed by atoms with Crippen molar-refractivity contribution in [1.29, 1.82) is 0 Å². The summed E-state index contributed by atoms with van der Waals surface area (Å²) < 4.78 is 41.2. The third-order valence-corrected chi connectivity index (χ3v) is 8.55. The normalized spacial score (nSPS) is 22.6. The molecular weight excluding hydrogens is 519 g/mol. The number of benzene rings is 3. The average Bonchev–Trinajstić information content (AvgIpc) is 3.35. The van der Waals surface area contributed by atoms with Crippen LogP contribution in [-0.4, -0.2) is 45.6 Å². The van der Waals surface area contributed by atoms with Crippen molar-refractivity contribution in [3.8, 4) is 0 Å². The number of carbonyl (C=O) groups excluding carboxylic acids is 3. The molecule has 0 radical (unpaired) electrons. The van der Waals surface area contributed by atoms with E-state index in [9.17, 15) is 27.6 Å². The molecule has 0 unspecified atom stereocenters. The van der Waals surface area contributed by atoms with Gasteiger partial charge in [-0.3, -0.25) is 19.3 Å². The highest BCUT2D eigenvalue weighted by atomic mass is 19.2. The second-order valence-electron chi connectivity index (χ2n) is 11.0. The summed E-state index contributed by atoms with van der Waals surface area (Å²) >= 11 is 0. The molecule has 0 spiro atoms. The lowest BCUT2D eigenvalue weighted by atomic mass is 9.82. The smallest absolute Gasteiger partial charge is 0.261 e. The van der Waals surface area contributed by atoms with Crippen molar-refractivity contribution in [2.45, 2.75) is 56.8 Å². The van der Waals surface area contributed by atoms with Crippen LogP contribution in [0, 0.1) is 23.4 Å². The molecule has 40 heavy (non-hydrogen) atoms. The van der Waals surface area contributed by atoms with Crippen LogP contribution in [0.1, 0.15) is 67.9 Å². The van der Waals surface area contributed by atoms with Gasteiger partial charge in [-0.2, -0.15) is 0 Å². The molecule has 3 aliphatic heterocycles. The molecule has 0 saturated carbocycles. The summed E-state index contributed by atoms with van der Waals surface area (Å²) in [6.45, 7) is 0.0673. The van der Waals surface area contributed by atoms with E-state index in [1.807, 2.05) is 4.90 Å². The predicted molar refractivity (Wildman–Crippen MR) is 141 cm³/mol. The van der Waals surface area contributed by atoms with E-state index in [0.29, 0.717) is 41.2 Å². The Bertz CT molecular complexity index is 1480. The Morgan fingerprint density at radius 3 is 2.12 bits per heavy atom. The molecule has 6 nitrogen and oxygen atoms in total. The zero-order valence-corrected chi connectivity index (χ0v) is 21.7. The minimum atomic E-state index is -1.23. The van der Waals surface area contributed by atoms with Crippen LogP contribution in [-0.2, 0) is 13.0 Å². The lowest BCUT2D eigenvalue weighted by Crippen LogP contribution is -2.50. The molecule has 6 rings (SSSR count). The van der Waals surface area contributed by atoms with Gasteiger partial charge >= 0.3 is 0 Å². The summed E-state index contributed by atoms with van der Waals surface area (Å²) in [6, 6.07) is 14.6. The third-order valence-electron chi connectivity index (χ3n) is 8.55. The van der Waals surface area contributed by atoms with E-state index < -0.39 is 23.5 Å². The second kappa shape index (κ2) is 10.2. The maximum atomic E-state index is 14.2. The summed E-state index contributed by atoms with van der Waals surface area (Å²) in [7, 11) is 0. The Balaban J connectivity index is 1.13. The number of hydrogen-bond acceptors (Lipinski definition) is 4. The summed E-state index contributed by atoms with van der Waals surface area (Å²) in [5.41, 5.74) is 8.40. The Kier molecular flexibility index (Phi) is 6.70. The minimum Gasteiger partial charge on any atom is -0.333 e. The minimum absolute atomic E-state index is 0.00854. The average molecular weight is 548 g/mol. The molecule has 206 valence electrons. The van der Waals surface area contributed by atoms with Crippen LogP contribution in [0.25, 0.3) is 0 Å². The summed E-state index contributed by atoms with van der Waals surface area (Å²) in [5, 5.41) is 0. The molecule has 3 aliphatic rings. The first-order valence-electron chi connectivity index (χ1n) is 13.5. The van der Waals surface area contributed by atoms with E-state index in [4.69, 9.17) is 5.73 Å². The van der Waals surface area contributed by atoms with E-state index in [1.165, 1.54) is 4.90 Å². The number of piperidine rings is 1. The Morgan fingerprint density at radius 1 is 0.850 bits per heavy atom. The first kappa shape index (κ1) is 26.3. The number of fused-ring (bicyclic) bond motifs is 3. The number of nitrogens with zero attached hydrogens (tertiary/aromatic N) is 2. The van der Waals surface area contributed by atoms with Crippen LogP contribution in [0.15, 0.2) is 60.7 Å². The maximum absolute atomic E-state index is 14.2. The Morgan fingerprint density at radius 2 is 1.48 bits per heavy atom. The first-order valence-corrected chi connectivity index (χ1v) is 13.5. The molecule has 2 N–H and O–H groups in total. The van der Waals surface area contributed by atoms with Crippen molar-refractivity contribution in [2.75, 3.05) is 0 Å². The van der Waals surface area contributed by atoms with Gasteiger partial charge < -0.3 is 10.6 Å². The zero-order chi connectivity index (χ0) is 28.1. The number of hydrogen-bond donors (Lipinski definition) is 1. The topological polar surface area (TPSA) is 83.7 Å². The van der Waals surface area contributed by atoms with Gasteiger partial charge in [0, 0.05) is 29.8 Å². The van der Waals surface area contributed by atoms with Crippen molar-refractivity contribution in [2.24, 2.45) is 11.7 Å². The fourth-order valence-corrected chi connectivity index (χ4v) is 6.56. The third kappa shape index (κ3) is 4.58. The van der Waals surface area contributed by atoms with Gasteiger partial charge in [0.1, 0.15) is 5.82 Å². The molecule has 2 bridgehead atoms. The molecule has 3 amide bonds.